The molecule has 7 heteroatoms. The molecule has 0 aliphatic heterocycles. The zero-order valence-corrected chi connectivity index (χ0v) is 13.7. The molecule has 21 heavy (non-hydrogen) atoms. The van der Waals surface area contributed by atoms with Crippen LogP contribution in [0.2, 0.25) is 0 Å². The second-order valence-electron chi connectivity index (χ2n) is 5.77. The van der Waals surface area contributed by atoms with Gasteiger partial charge < -0.3 is 14.5 Å². The van der Waals surface area contributed by atoms with Crippen molar-refractivity contribution in [2.24, 2.45) is 0 Å². The van der Waals surface area contributed by atoms with Crippen molar-refractivity contribution in [3.05, 3.63) is 23.7 Å². The van der Waals surface area contributed by atoms with Gasteiger partial charge >= 0.3 is 5.97 Å². The van der Waals surface area contributed by atoms with Crippen LogP contribution >= 0.6 is 0 Å². The van der Waals surface area contributed by atoms with Crippen LogP contribution in [0.1, 0.15) is 39.2 Å². The number of sulfone groups is 1. The molecule has 0 fully saturated rings. The first-order chi connectivity index (χ1) is 9.61. The molecular formula is C14H23NO5S. The molecule has 0 radical (unpaired) electrons. The summed E-state index contributed by atoms with van der Waals surface area (Å²) in [5, 5.41) is 3.08. The summed E-state index contributed by atoms with van der Waals surface area (Å²) in [7, 11) is -3.60. The molecule has 0 saturated heterocycles. The highest BCUT2D eigenvalue weighted by Crippen LogP contribution is 2.13. The van der Waals surface area contributed by atoms with Crippen LogP contribution in [0.4, 0.5) is 0 Å². The maximum Gasteiger partial charge on any atom is 0.321 e. The number of ether oxygens (including phenoxy) is 1. The number of rotatable bonds is 7. The highest BCUT2D eigenvalue weighted by Gasteiger charge is 2.24. The normalized spacial score (nSPS) is 12.4. The number of carbonyl (C=O) groups is 1. The lowest BCUT2D eigenvalue weighted by atomic mass is 10.2. The van der Waals surface area contributed by atoms with Crippen molar-refractivity contribution in [3.63, 3.8) is 0 Å². The van der Waals surface area contributed by atoms with Crippen LogP contribution < -0.4 is 5.32 Å². The molecule has 1 aromatic heterocycles. The Hall–Kier alpha value is -1.34. The monoisotopic (exact) mass is 317 g/mol. The van der Waals surface area contributed by atoms with Crippen LogP contribution in [0.15, 0.2) is 16.5 Å². The molecule has 1 heterocycles. The lowest BCUT2D eigenvalue weighted by molar-refractivity contribution is -0.151. The molecule has 0 amide bonds. The molecule has 1 rings (SSSR count). The summed E-state index contributed by atoms with van der Waals surface area (Å²) < 4.78 is 34.3. The van der Waals surface area contributed by atoms with Gasteiger partial charge in [0.25, 0.3) is 0 Å². The van der Waals surface area contributed by atoms with Crippen LogP contribution in [-0.2, 0) is 31.7 Å². The number of hydrogen-bond donors (Lipinski definition) is 1. The molecule has 0 aliphatic rings. The molecule has 0 aliphatic carbocycles. The predicted octanol–water partition coefficient (Wildman–Crippen LogP) is 1.65. The maximum absolute atomic E-state index is 11.9. The Morgan fingerprint density at radius 2 is 1.90 bits per heavy atom. The van der Waals surface area contributed by atoms with E-state index >= 15 is 0 Å². The Balaban J connectivity index is 2.60. The molecule has 0 saturated carbocycles. The van der Waals surface area contributed by atoms with E-state index in [4.69, 9.17) is 9.15 Å². The van der Waals surface area contributed by atoms with Crippen molar-refractivity contribution in [2.75, 3.05) is 12.3 Å². The maximum atomic E-state index is 11.9. The van der Waals surface area contributed by atoms with Crippen LogP contribution in [-0.4, -0.2) is 32.3 Å². The van der Waals surface area contributed by atoms with E-state index in [9.17, 15) is 13.2 Å². The van der Waals surface area contributed by atoms with Crippen molar-refractivity contribution in [1.29, 1.82) is 0 Å². The Morgan fingerprint density at radius 3 is 2.48 bits per heavy atom. The van der Waals surface area contributed by atoms with Crippen LogP contribution in [0, 0.1) is 0 Å². The van der Waals surface area contributed by atoms with Gasteiger partial charge in [0, 0.05) is 0 Å². The Labute approximate surface area is 125 Å². The van der Waals surface area contributed by atoms with E-state index in [-0.39, 0.29) is 5.75 Å². The van der Waals surface area contributed by atoms with E-state index in [1.165, 1.54) is 0 Å². The molecule has 120 valence electrons. The summed E-state index contributed by atoms with van der Waals surface area (Å²) in [6.45, 7) is 8.38. The Kier molecular flexibility index (Phi) is 5.98. The third-order valence-corrected chi connectivity index (χ3v) is 3.79. The molecule has 0 atom stereocenters. The van der Waals surface area contributed by atoms with Gasteiger partial charge in [-0.25, -0.2) is 8.42 Å². The topological polar surface area (TPSA) is 85.6 Å². The SMILES string of the molecule is CCNCc1ccc(CS(=O)(=O)CC(=O)OC(C)(C)C)o1. The summed E-state index contributed by atoms with van der Waals surface area (Å²) in [5.74, 6) is -0.709. The molecular weight excluding hydrogens is 294 g/mol. The molecule has 1 N–H and O–H groups in total. The first-order valence-electron chi connectivity index (χ1n) is 6.82. The van der Waals surface area contributed by atoms with E-state index in [0.29, 0.717) is 18.1 Å². The van der Waals surface area contributed by atoms with E-state index in [2.05, 4.69) is 5.32 Å². The largest absolute Gasteiger partial charge is 0.464 e. The van der Waals surface area contributed by atoms with Crippen molar-refractivity contribution in [1.82, 2.24) is 5.32 Å². The number of nitrogens with one attached hydrogen (secondary N) is 1. The summed E-state index contributed by atoms with van der Waals surface area (Å²) in [6, 6.07) is 3.33. The zero-order chi connectivity index (χ0) is 16.1. The molecule has 0 bridgehead atoms. The fraction of sp³-hybridized carbons (Fsp3) is 0.643. The molecule has 0 unspecified atom stereocenters. The summed E-state index contributed by atoms with van der Waals surface area (Å²) in [5.41, 5.74) is -0.698. The fourth-order valence-corrected chi connectivity index (χ4v) is 2.77. The van der Waals surface area contributed by atoms with Gasteiger partial charge in [-0.2, -0.15) is 0 Å². The van der Waals surface area contributed by atoms with Gasteiger partial charge in [0.05, 0.1) is 6.54 Å². The van der Waals surface area contributed by atoms with E-state index in [1.54, 1.807) is 32.9 Å². The smallest absolute Gasteiger partial charge is 0.321 e. The van der Waals surface area contributed by atoms with Gasteiger partial charge in [-0.3, -0.25) is 4.79 Å². The number of furan rings is 1. The van der Waals surface area contributed by atoms with Gasteiger partial charge in [-0.1, -0.05) is 6.92 Å². The molecule has 6 nitrogen and oxygen atoms in total. The minimum atomic E-state index is -3.60. The fourth-order valence-electron chi connectivity index (χ4n) is 1.66. The predicted molar refractivity (Wildman–Crippen MR) is 79.4 cm³/mol. The van der Waals surface area contributed by atoms with Crippen molar-refractivity contribution in [2.45, 2.75) is 45.6 Å². The quantitative estimate of drug-likeness (QED) is 0.770. The van der Waals surface area contributed by atoms with Crippen LogP contribution in [0.5, 0.6) is 0 Å². The van der Waals surface area contributed by atoms with Gasteiger partial charge in [0.2, 0.25) is 0 Å². The standard InChI is InChI=1S/C14H23NO5S/c1-5-15-8-11-6-7-12(19-11)9-21(17,18)10-13(16)20-14(2,3)4/h6-7,15H,5,8-10H2,1-4H3. The Morgan fingerprint density at radius 1 is 1.29 bits per heavy atom. The van der Waals surface area contributed by atoms with E-state index in [0.717, 1.165) is 6.54 Å². The summed E-state index contributed by atoms with van der Waals surface area (Å²) in [6.07, 6.45) is 0. The minimum Gasteiger partial charge on any atom is -0.464 e. The average molecular weight is 317 g/mol. The zero-order valence-electron chi connectivity index (χ0n) is 12.9. The highest BCUT2D eigenvalue weighted by atomic mass is 32.2. The van der Waals surface area contributed by atoms with E-state index in [1.807, 2.05) is 6.92 Å². The van der Waals surface area contributed by atoms with E-state index < -0.39 is 27.2 Å². The second-order valence-corrected chi connectivity index (χ2v) is 7.83. The average Bonchev–Trinajstić information content (AvgIpc) is 2.69. The van der Waals surface area contributed by atoms with Gasteiger partial charge in [-0.05, 0) is 39.4 Å². The molecule has 1 aromatic rings. The van der Waals surface area contributed by atoms with Crippen molar-refractivity contribution in [3.8, 4) is 0 Å². The highest BCUT2D eigenvalue weighted by molar-refractivity contribution is 7.91. The third-order valence-electron chi connectivity index (χ3n) is 2.39. The van der Waals surface area contributed by atoms with Crippen LogP contribution in [0.3, 0.4) is 0 Å². The van der Waals surface area contributed by atoms with Gasteiger partial charge in [-0.15, -0.1) is 0 Å². The summed E-state index contributed by atoms with van der Waals surface area (Å²) >= 11 is 0. The van der Waals surface area contributed by atoms with Crippen molar-refractivity contribution < 1.29 is 22.4 Å². The lowest BCUT2D eigenvalue weighted by Crippen LogP contribution is -2.28. The van der Waals surface area contributed by atoms with Gasteiger partial charge in [0.15, 0.2) is 9.84 Å². The first kappa shape index (κ1) is 17.7. The van der Waals surface area contributed by atoms with Gasteiger partial charge in [0.1, 0.15) is 28.6 Å². The Bertz CT molecular complexity index is 568. The third kappa shape index (κ3) is 7.29. The number of esters is 1. The second kappa shape index (κ2) is 7.09. The summed E-state index contributed by atoms with van der Waals surface area (Å²) in [4.78, 5) is 11.6. The number of hydrogen-bond acceptors (Lipinski definition) is 6. The minimum absolute atomic E-state index is 0.307. The van der Waals surface area contributed by atoms with Crippen LogP contribution in [0.25, 0.3) is 0 Å². The van der Waals surface area contributed by atoms with Crippen molar-refractivity contribution >= 4 is 15.8 Å². The lowest BCUT2D eigenvalue weighted by Gasteiger charge is -2.19. The number of carbonyl (C=O) groups excluding carboxylic acids is 1. The molecule has 0 aromatic carbocycles. The first-order valence-corrected chi connectivity index (χ1v) is 8.64. The molecule has 0 spiro atoms.